The molecule has 2 aromatic heterocycles. The average Bonchev–Trinajstić information content (AvgIpc) is 3.31. The van der Waals surface area contributed by atoms with Gasteiger partial charge in [-0.15, -0.1) is 0 Å². The molecule has 2 heterocycles. The van der Waals surface area contributed by atoms with Gasteiger partial charge in [0.05, 0.1) is 11.8 Å². The zero-order valence-electron chi connectivity index (χ0n) is 15.9. The van der Waals surface area contributed by atoms with Crippen molar-refractivity contribution in [3.63, 3.8) is 0 Å². The standard InChI is InChI=1S/C22H25N3O2/c1-15-11-20(16(2)25(15)19-9-4-3-5-10-19)22(26)24-18-8-6-7-17(12-18)21-13-23-14-27-21/h6-8,11-14,19H,3-5,9-10H2,1-2H3,(H,24,26). The number of aromatic nitrogens is 2. The van der Waals surface area contributed by atoms with Crippen LogP contribution in [0.2, 0.25) is 0 Å². The Labute approximate surface area is 159 Å². The number of carbonyl (C=O) groups excluding carboxylic acids is 1. The quantitative estimate of drug-likeness (QED) is 0.664. The Morgan fingerprint density at radius 2 is 2.00 bits per heavy atom. The summed E-state index contributed by atoms with van der Waals surface area (Å²) in [4.78, 5) is 16.9. The summed E-state index contributed by atoms with van der Waals surface area (Å²) < 4.78 is 7.70. The Morgan fingerprint density at radius 1 is 1.19 bits per heavy atom. The molecule has 0 bridgehead atoms. The van der Waals surface area contributed by atoms with Crippen LogP contribution in [0.25, 0.3) is 11.3 Å². The minimum atomic E-state index is -0.0696. The highest BCUT2D eigenvalue weighted by molar-refractivity contribution is 6.05. The summed E-state index contributed by atoms with van der Waals surface area (Å²) in [5.74, 6) is 0.612. The molecule has 1 saturated carbocycles. The van der Waals surface area contributed by atoms with E-state index in [9.17, 15) is 4.79 Å². The van der Waals surface area contributed by atoms with Crippen molar-refractivity contribution in [1.29, 1.82) is 0 Å². The normalized spacial score (nSPS) is 15.0. The van der Waals surface area contributed by atoms with E-state index in [1.807, 2.05) is 30.3 Å². The van der Waals surface area contributed by atoms with Crippen molar-refractivity contribution in [3.05, 3.63) is 59.9 Å². The molecule has 1 N–H and O–H groups in total. The number of amides is 1. The monoisotopic (exact) mass is 363 g/mol. The molecule has 0 spiro atoms. The van der Waals surface area contributed by atoms with Crippen LogP contribution in [0.1, 0.15) is 59.9 Å². The van der Waals surface area contributed by atoms with Crippen molar-refractivity contribution in [2.75, 3.05) is 5.32 Å². The first-order valence-electron chi connectivity index (χ1n) is 9.62. The third-order valence-electron chi connectivity index (χ3n) is 5.51. The largest absolute Gasteiger partial charge is 0.444 e. The first-order valence-corrected chi connectivity index (χ1v) is 9.62. The second-order valence-electron chi connectivity index (χ2n) is 7.35. The summed E-state index contributed by atoms with van der Waals surface area (Å²) in [6.45, 7) is 4.16. The van der Waals surface area contributed by atoms with Crippen molar-refractivity contribution in [3.8, 4) is 11.3 Å². The van der Waals surface area contributed by atoms with Gasteiger partial charge in [0.2, 0.25) is 0 Å². The van der Waals surface area contributed by atoms with E-state index in [4.69, 9.17) is 4.42 Å². The summed E-state index contributed by atoms with van der Waals surface area (Å²) in [5.41, 5.74) is 4.61. The molecule has 0 saturated heterocycles. The first kappa shape index (κ1) is 17.6. The van der Waals surface area contributed by atoms with Crippen LogP contribution in [-0.4, -0.2) is 15.5 Å². The summed E-state index contributed by atoms with van der Waals surface area (Å²) >= 11 is 0. The van der Waals surface area contributed by atoms with Gasteiger partial charge in [-0.25, -0.2) is 4.98 Å². The van der Waals surface area contributed by atoms with Crippen LogP contribution >= 0.6 is 0 Å². The van der Waals surface area contributed by atoms with Crippen LogP contribution in [0.5, 0.6) is 0 Å². The van der Waals surface area contributed by atoms with Gasteiger partial charge >= 0.3 is 0 Å². The second-order valence-corrected chi connectivity index (χ2v) is 7.35. The molecule has 5 heteroatoms. The number of hydrogen-bond donors (Lipinski definition) is 1. The number of anilines is 1. The third kappa shape index (κ3) is 3.54. The Kier molecular flexibility index (Phi) is 4.84. The molecule has 0 aliphatic heterocycles. The van der Waals surface area contributed by atoms with Gasteiger partial charge in [0.1, 0.15) is 0 Å². The Hall–Kier alpha value is -2.82. The number of nitrogens with one attached hydrogen (secondary N) is 1. The molecular formula is C22H25N3O2. The lowest BCUT2D eigenvalue weighted by molar-refractivity contribution is 0.102. The lowest BCUT2D eigenvalue weighted by atomic mass is 9.95. The smallest absolute Gasteiger partial charge is 0.257 e. The molecule has 1 amide bonds. The van der Waals surface area contributed by atoms with E-state index in [1.54, 1.807) is 6.20 Å². The van der Waals surface area contributed by atoms with E-state index < -0.39 is 0 Å². The maximum Gasteiger partial charge on any atom is 0.257 e. The number of rotatable bonds is 4. The molecule has 4 rings (SSSR count). The molecule has 5 nitrogen and oxygen atoms in total. The van der Waals surface area contributed by atoms with Crippen molar-refractivity contribution in [2.24, 2.45) is 0 Å². The highest BCUT2D eigenvalue weighted by Gasteiger charge is 2.22. The maximum absolute atomic E-state index is 12.9. The van der Waals surface area contributed by atoms with E-state index in [0.717, 1.165) is 22.5 Å². The summed E-state index contributed by atoms with van der Waals surface area (Å²) in [6, 6.07) is 10.2. The average molecular weight is 363 g/mol. The minimum absolute atomic E-state index is 0.0696. The molecule has 3 aromatic rings. The van der Waals surface area contributed by atoms with Crippen LogP contribution in [-0.2, 0) is 0 Å². The molecule has 1 aliphatic carbocycles. The van der Waals surface area contributed by atoms with Gasteiger partial charge in [-0.1, -0.05) is 31.4 Å². The van der Waals surface area contributed by atoms with Gasteiger partial charge in [0, 0.05) is 28.7 Å². The van der Waals surface area contributed by atoms with Gasteiger partial charge in [-0.2, -0.15) is 0 Å². The van der Waals surface area contributed by atoms with E-state index >= 15 is 0 Å². The van der Waals surface area contributed by atoms with E-state index in [-0.39, 0.29) is 5.91 Å². The molecule has 0 radical (unpaired) electrons. The number of aryl methyl sites for hydroxylation is 1. The predicted octanol–water partition coefficient (Wildman–Crippen LogP) is 5.52. The Bertz CT molecular complexity index is 935. The van der Waals surface area contributed by atoms with Crippen molar-refractivity contribution in [2.45, 2.75) is 52.0 Å². The van der Waals surface area contributed by atoms with E-state index in [2.05, 4.69) is 28.7 Å². The molecule has 1 fully saturated rings. The fraction of sp³-hybridized carbons (Fsp3) is 0.364. The number of oxazole rings is 1. The zero-order chi connectivity index (χ0) is 18.8. The molecule has 27 heavy (non-hydrogen) atoms. The van der Waals surface area contributed by atoms with E-state index in [0.29, 0.717) is 11.8 Å². The summed E-state index contributed by atoms with van der Waals surface area (Å²) in [6.07, 6.45) is 9.35. The highest BCUT2D eigenvalue weighted by atomic mass is 16.3. The lowest BCUT2D eigenvalue weighted by Crippen LogP contribution is -2.17. The minimum Gasteiger partial charge on any atom is -0.444 e. The van der Waals surface area contributed by atoms with Gasteiger partial charge in [-0.05, 0) is 44.9 Å². The molecule has 140 valence electrons. The van der Waals surface area contributed by atoms with Gasteiger partial charge < -0.3 is 14.3 Å². The van der Waals surface area contributed by atoms with Gasteiger partial charge in [0.15, 0.2) is 12.2 Å². The first-order chi connectivity index (χ1) is 13.1. The topological polar surface area (TPSA) is 60.1 Å². The molecule has 1 aliphatic rings. The van der Waals surface area contributed by atoms with Crippen molar-refractivity contribution >= 4 is 11.6 Å². The fourth-order valence-corrected chi connectivity index (χ4v) is 4.22. The number of hydrogen-bond acceptors (Lipinski definition) is 3. The third-order valence-corrected chi connectivity index (χ3v) is 5.51. The number of carbonyl (C=O) groups is 1. The van der Waals surface area contributed by atoms with Crippen LogP contribution in [0, 0.1) is 13.8 Å². The fourth-order valence-electron chi connectivity index (χ4n) is 4.22. The summed E-state index contributed by atoms with van der Waals surface area (Å²) in [7, 11) is 0. The number of benzene rings is 1. The zero-order valence-corrected chi connectivity index (χ0v) is 15.9. The van der Waals surface area contributed by atoms with Crippen LogP contribution < -0.4 is 5.32 Å². The Balaban J connectivity index is 1.56. The maximum atomic E-state index is 12.9. The summed E-state index contributed by atoms with van der Waals surface area (Å²) in [5, 5.41) is 3.03. The van der Waals surface area contributed by atoms with Crippen LogP contribution in [0.3, 0.4) is 0 Å². The SMILES string of the molecule is Cc1cc(C(=O)Nc2cccc(-c3cnco3)c2)c(C)n1C1CCCCC1. The predicted molar refractivity (Wildman–Crippen MR) is 106 cm³/mol. The lowest BCUT2D eigenvalue weighted by Gasteiger charge is -2.26. The Morgan fingerprint density at radius 3 is 2.74 bits per heavy atom. The van der Waals surface area contributed by atoms with Crippen LogP contribution in [0.4, 0.5) is 5.69 Å². The van der Waals surface area contributed by atoms with Gasteiger partial charge in [-0.3, -0.25) is 4.79 Å². The van der Waals surface area contributed by atoms with Gasteiger partial charge in [0.25, 0.3) is 5.91 Å². The van der Waals surface area contributed by atoms with Crippen molar-refractivity contribution < 1.29 is 9.21 Å². The molecule has 1 aromatic carbocycles. The van der Waals surface area contributed by atoms with Crippen LogP contribution in [0.15, 0.2) is 47.3 Å². The highest BCUT2D eigenvalue weighted by Crippen LogP contribution is 2.32. The molecular weight excluding hydrogens is 338 g/mol. The second kappa shape index (κ2) is 7.43. The number of nitrogens with zero attached hydrogens (tertiary/aromatic N) is 2. The van der Waals surface area contributed by atoms with Crippen molar-refractivity contribution in [1.82, 2.24) is 9.55 Å². The molecule has 0 unspecified atom stereocenters. The van der Waals surface area contributed by atoms with E-state index in [1.165, 1.54) is 44.2 Å². The molecule has 0 atom stereocenters.